The largest absolute Gasteiger partial charge is 0.490 e. The van der Waals surface area contributed by atoms with Crippen molar-refractivity contribution in [1.29, 1.82) is 0 Å². The molecule has 0 heterocycles. The van der Waals surface area contributed by atoms with Gasteiger partial charge in [0.25, 0.3) is 5.91 Å². The molecular weight excluding hydrogens is 262 g/mol. The number of rotatable bonds is 7. The average Bonchev–Trinajstić information content (AvgIpc) is 2.41. The number of amides is 1. The minimum atomic E-state index is -0.982. The molecule has 0 saturated carbocycles. The van der Waals surface area contributed by atoms with Crippen LogP contribution >= 0.6 is 0 Å². The first-order chi connectivity index (χ1) is 9.49. The van der Waals surface area contributed by atoms with Gasteiger partial charge in [-0.15, -0.1) is 0 Å². The normalized spacial score (nSPS) is 11.6. The number of hydrogen-bond donors (Lipinski definition) is 1. The van der Waals surface area contributed by atoms with Gasteiger partial charge in [0.15, 0.2) is 17.6 Å². The minimum absolute atomic E-state index is 0.269. The van der Waals surface area contributed by atoms with Crippen LogP contribution in [-0.4, -0.2) is 31.2 Å². The van der Waals surface area contributed by atoms with Crippen LogP contribution in [0, 0.1) is 0 Å². The van der Waals surface area contributed by atoms with Gasteiger partial charge < -0.3 is 19.9 Å². The summed E-state index contributed by atoms with van der Waals surface area (Å²) in [6, 6.07) is 4.69. The zero-order valence-corrected chi connectivity index (χ0v) is 11.8. The van der Waals surface area contributed by atoms with Crippen molar-refractivity contribution in [3.05, 3.63) is 23.8 Å². The average molecular weight is 281 g/mol. The van der Waals surface area contributed by atoms with Gasteiger partial charge in [-0.2, -0.15) is 0 Å². The van der Waals surface area contributed by atoms with Crippen LogP contribution in [0.3, 0.4) is 0 Å². The predicted molar refractivity (Wildman–Crippen MR) is 72.9 cm³/mol. The highest BCUT2D eigenvalue weighted by atomic mass is 16.5. The molecule has 0 saturated heterocycles. The molecule has 2 N–H and O–H groups in total. The highest BCUT2D eigenvalue weighted by Gasteiger charge is 2.18. The highest BCUT2D eigenvalue weighted by Crippen LogP contribution is 2.28. The van der Waals surface area contributed by atoms with Crippen LogP contribution in [0.2, 0.25) is 0 Å². The Morgan fingerprint density at radius 2 is 1.75 bits per heavy atom. The van der Waals surface area contributed by atoms with Crippen LogP contribution in [0.1, 0.15) is 31.1 Å². The molecule has 0 bridgehead atoms. The molecule has 110 valence electrons. The number of carbonyl (C=O) groups excluding carboxylic acids is 2. The molecule has 1 aromatic carbocycles. The lowest BCUT2D eigenvalue weighted by Crippen LogP contribution is -2.30. The van der Waals surface area contributed by atoms with Crippen LogP contribution in [-0.2, 0) is 9.53 Å². The molecule has 20 heavy (non-hydrogen) atoms. The summed E-state index contributed by atoms with van der Waals surface area (Å²) >= 11 is 0. The Hall–Kier alpha value is -2.24. The number of hydrogen-bond acceptors (Lipinski definition) is 5. The summed E-state index contributed by atoms with van der Waals surface area (Å²) in [5.74, 6) is -0.334. The lowest BCUT2D eigenvalue weighted by atomic mass is 10.2. The molecule has 0 unspecified atom stereocenters. The van der Waals surface area contributed by atoms with Crippen molar-refractivity contribution in [2.75, 3.05) is 13.2 Å². The Balaban J connectivity index is 2.92. The van der Waals surface area contributed by atoms with Crippen LogP contribution < -0.4 is 15.2 Å². The summed E-state index contributed by atoms with van der Waals surface area (Å²) in [7, 11) is 0. The van der Waals surface area contributed by atoms with E-state index in [4.69, 9.17) is 19.9 Å². The van der Waals surface area contributed by atoms with Gasteiger partial charge in [-0.3, -0.25) is 4.79 Å². The fourth-order valence-electron chi connectivity index (χ4n) is 1.46. The fraction of sp³-hybridized carbons (Fsp3) is 0.429. The Morgan fingerprint density at radius 1 is 1.15 bits per heavy atom. The third-order valence-electron chi connectivity index (χ3n) is 2.46. The maximum atomic E-state index is 11.9. The van der Waals surface area contributed by atoms with E-state index in [0.717, 1.165) is 0 Å². The Bertz CT molecular complexity index is 486. The van der Waals surface area contributed by atoms with Crippen LogP contribution in [0.5, 0.6) is 11.5 Å². The van der Waals surface area contributed by atoms with Gasteiger partial charge in [0.1, 0.15) is 0 Å². The number of esters is 1. The quantitative estimate of drug-likeness (QED) is 0.765. The van der Waals surface area contributed by atoms with Gasteiger partial charge >= 0.3 is 5.97 Å². The smallest absolute Gasteiger partial charge is 0.339 e. The molecule has 1 atom stereocenters. The van der Waals surface area contributed by atoms with E-state index in [2.05, 4.69) is 0 Å². The van der Waals surface area contributed by atoms with Crippen molar-refractivity contribution < 1.29 is 23.8 Å². The molecule has 6 heteroatoms. The van der Waals surface area contributed by atoms with Crippen molar-refractivity contribution in [3.8, 4) is 11.5 Å². The molecule has 0 spiro atoms. The highest BCUT2D eigenvalue weighted by molar-refractivity contribution is 5.92. The zero-order chi connectivity index (χ0) is 15.1. The first kappa shape index (κ1) is 15.8. The van der Waals surface area contributed by atoms with E-state index in [1.807, 2.05) is 13.8 Å². The molecule has 0 aliphatic heterocycles. The number of benzene rings is 1. The minimum Gasteiger partial charge on any atom is -0.490 e. The molecule has 6 nitrogen and oxygen atoms in total. The maximum absolute atomic E-state index is 11.9. The van der Waals surface area contributed by atoms with Crippen molar-refractivity contribution >= 4 is 11.9 Å². The Kier molecular flexibility index (Phi) is 5.83. The molecule has 1 rings (SSSR count). The van der Waals surface area contributed by atoms with E-state index in [1.165, 1.54) is 13.0 Å². The molecule has 0 aliphatic rings. The third kappa shape index (κ3) is 4.15. The second kappa shape index (κ2) is 7.37. The van der Waals surface area contributed by atoms with E-state index >= 15 is 0 Å². The van der Waals surface area contributed by atoms with Gasteiger partial charge in [0.2, 0.25) is 0 Å². The van der Waals surface area contributed by atoms with Gasteiger partial charge in [-0.1, -0.05) is 0 Å². The lowest BCUT2D eigenvalue weighted by molar-refractivity contribution is -0.125. The number of nitrogens with two attached hydrogens (primary N) is 1. The summed E-state index contributed by atoms with van der Waals surface area (Å²) in [5, 5.41) is 0. The zero-order valence-electron chi connectivity index (χ0n) is 11.8. The summed E-state index contributed by atoms with van der Waals surface area (Å²) in [4.78, 5) is 22.7. The molecule has 0 radical (unpaired) electrons. The molecule has 1 aromatic rings. The summed E-state index contributed by atoms with van der Waals surface area (Å²) in [6.45, 7) is 6.03. The predicted octanol–water partition coefficient (Wildman–Crippen LogP) is 1.51. The topological polar surface area (TPSA) is 87.9 Å². The van der Waals surface area contributed by atoms with E-state index in [-0.39, 0.29) is 5.56 Å². The number of carbonyl (C=O) groups is 2. The van der Waals surface area contributed by atoms with E-state index in [0.29, 0.717) is 24.7 Å². The van der Waals surface area contributed by atoms with E-state index in [1.54, 1.807) is 12.1 Å². The third-order valence-corrected chi connectivity index (χ3v) is 2.46. The molecule has 0 aromatic heterocycles. The SMILES string of the molecule is CCOc1ccc(C(=O)O[C@@H](C)C(N)=O)cc1OCC. The maximum Gasteiger partial charge on any atom is 0.339 e. The number of primary amides is 1. The molecule has 1 amide bonds. The fourth-order valence-corrected chi connectivity index (χ4v) is 1.46. The van der Waals surface area contributed by atoms with E-state index < -0.39 is 18.0 Å². The van der Waals surface area contributed by atoms with Crippen LogP contribution in [0.25, 0.3) is 0 Å². The second-order valence-corrected chi connectivity index (χ2v) is 3.98. The molecule has 0 fully saturated rings. The number of ether oxygens (including phenoxy) is 3. The van der Waals surface area contributed by atoms with Crippen molar-refractivity contribution in [3.63, 3.8) is 0 Å². The van der Waals surface area contributed by atoms with Crippen LogP contribution in [0.4, 0.5) is 0 Å². The monoisotopic (exact) mass is 281 g/mol. The van der Waals surface area contributed by atoms with E-state index in [9.17, 15) is 9.59 Å². The Morgan fingerprint density at radius 3 is 2.30 bits per heavy atom. The van der Waals surface area contributed by atoms with Gasteiger partial charge in [0, 0.05) is 0 Å². The van der Waals surface area contributed by atoms with Gasteiger partial charge in [-0.25, -0.2) is 4.79 Å². The van der Waals surface area contributed by atoms with Gasteiger partial charge in [0.05, 0.1) is 18.8 Å². The second-order valence-electron chi connectivity index (χ2n) is 3.98. The van der Waals surface area contributed by atoms with Crippen molar-refractivity contribution in [2.24, 2.45) is 5.73 Å². The summed E-state index contributed by atoms with van der Waals surface area (Å²) in [6.07, 6.45) is -0.982. The molecule has 0 aliphatic carbocycles. The standard InChI is InChI=1S/C14H19NO5/c1-4-18-11-7-6-10(8-12(11)19-5-2)14(17)20-9(3)13(15)16/h6-9H,4-5H2,1-3H3,(H2,15,16)/t9-/m0/s1. The molecular formula is C14H19NO5. The first-order valence-electron chi connectivity index (χ1n) is 6.39. The summed E-state index contributed by atoms with van der Waals surface area (Å²) in [5.41, 5.74) is 5.31. The van der Waals surface area contributed by atoms with Gasteiger partial charge in [-0.05, 0) is 39.0 Å². The first-order valence-corrected chi connectivity index (χ1v) is 6.39. The van der Waals surface area contributed by atoms with Crippen LogP contribution in [0.15, 0.2) is 18.2 Å². The summed E-state index contributed by atoms with van der Waals surface area (Å²) < 4.78 is 15.7. The van der Waals surface area contributed by atoms with Crippen molar-refractivity contribution in [1.82, 2.24) is 0 Å². The van der Waals surface area contributed by atoms with Crippen molar-refractivity contribution in [2.45, 2.75) is 26.9 Å². The Labute approximate surface area is 117 Å². The lowest BCUT2D eigenvalue weighted by Gasteiger charge is -2.13.